The van der Waals surface area contributed by atoms with Crippen LogP contribution >= 0.6 is 15.2 Å². The summed E-state index contributed by atoms with van der Waals surface area (Å²) in [6, 6.07) is 8.77. The summed E-state index contributed by atoms with van der Waals surface area (Å²) in [4.78, 5) is 41.0. The van der Waals surface area contributed by atoms with Crippen molar-refractivity contribution in [1.29, 1.82) is 0 Å². The highest BCUT2D eigenvalue weighted by atomic mass is 31.2. The first kappa shape index (κ1) is 20.9. The number of benzene rings is 1. The number of aliphatic hydroxyl groups is 1. The van der Waals surface area contributed by atoms with Gasteiger partial charge in [0.25, 0.3) is 0 Å². The average Bonchev–Trinajstić information content (AvgIpc) is 2.85. The van der Waals surface area contributed by atoms with Crippen molar-refractivity contribution >= 4 is 21.5 Å². The van der Waals surface area contributed by atoms with E-state index in [-0.39, 0.29) is 12.0 Å². The number of nitrogens with zero attached hydrogens (tertiary/aromatic N) is 2. The Morgan fingerprint density at radius 1 is 1.04 bits per heavy atom. The number of quaternary nitrogens is 1. The molecule has 1 atom stereocenters. The highest BCUT2D eigenvalue weighted by Crippen LogP contribution is 2.68. The van der Waals surface area contributed by atoms with Crippen LogP contribution in [0.5, 0.6) is 0 Å². The normalized spacial score (nSPS) is 20.9. The summed E-state index contributed by atoms with van der Waals surface area (Å²) >= 11 is 0. The van der Waals surface area contributed by atoms with E-state index in [1.54, 1.807) is 30.3 Å². The Kier molecular flexibility index (Phi) is 6.06. The standard InChI is InChI=1S/C12H16N2O7P2.H2O/c15-12(22(16,17)18,23(19,20)21)9-14(7-6-13-10-14)8-11-4-2-1-3-5-11;/h1-7,10,15H,8-9H2,(H3-,16,17,18,19,20,21);1H2/p+1. The van der Waals surface area contributed by atoms with E-state index in [0.29, 0.717) is 0 Å². The predicted octanol–water partition coefficient (Wildman–Crippen LogP) is -0.307. The van der Waals surface area contributed by atoms with Crippen LogP contribution in [0.15, 0.2) is 47.7 Å². The Morgan fingerprint density at radius 3 is 2.00 bits per heavy atom. The van der Waals surface area contributed by atoms with Crippen LogP contribution in [0.2, 0.25) is 0 Å². The fourth-order valence-electron chi connectivity index (χ4n) is 2.30. The summed E-state index contributed by atoms with van der Waals surface area (Å²) in [5.41, 5.74) is 0.740. The van der Waals surface area contributed by atoms with Gasteiger partial charge in [-0.05, 0) is 0 Å². The van der Waals surface area contributed by atoms with Gasteiger partial charge in [0.15, 0.2) is 6.34 Å². The summed E-state index contributed by atoms with van der Waals surface area (Å²) in [5.74, 6) is 0. The number of aliphatic imine (C=N–C) groups is 1. The molecule has 1 aromatic carbocycles. The molecule has 0 spiro atoms. The molecule has 1 aromatic rings. The Bertz CT molecular complexity index is 690. The Hall–Kier alpha value is -1.19. The lowest BCUT2D eigenvalue weighted by atomic mass is 10.2. The number of hydrogen-bond acceptors (Lipinski definition) is 4. The van der Waals surface area contributed by atoms with E-state index < -0.39 is 31.3 Å². The quantitative estimate of drug-likeness (QED) is 0.331. The first-order chi connectivity index (χ1) is 10.5. The SMILES string of the molecule is O.O=P(O)(O)C(O)(C[N+]1(Cc2ccccc2)C=CN=C1)P(=O)(O)O. The molecule has 10 nitrogen and oxygen atoms in total. The van der Waals surface area contributed by atoms with Gasteiger partial charge in [0, 0.05) is 5.56 Å². The molecule has 0 aliphatic carbocycles. The van der Waals surface area contributed by atoms with Gasteiger partial charge in [0.2, 0.25) is 0 Å². The van der Waals surface area contributed by atoms with Crippen molar-refractivity contribution in [2.75, 3.05) is 6.54 Å². The van der Waals surface area contributed by atoms with Gasteiger partial charge in [-0.25, -0.2) is 9.48 Å². The molecule has 134 valence electrons. The molecular formula is C12H19N2O8P2+. The molecule has 24 heavy (non-hydrogen) atoms. The Morgan fingerprint density at radius 2 is 1.58 bits per heavy atom. The molecule has 1 heterocycles. The molecule has 12 heteroatoms. The topological polar surface area (TPSA) is 179 Å². The highest BCUT2D eigenvalue weighted by molar-refractivity contribution is 7.72. The van der Waals surface area contributed by atoms with E-state index in [1.807, 2.05) is 0 Å². The zero-order chi connectivity index (χ0) is 17.4. The van der Waals surface area contributed by atoms with E-state index in [9.17, 15) is 33.8 Å². The van der Waals surface area contributed by atoms with Gasteiger partial charge >= 0.3 is 20.3 Å². The third kappa shape index (κ3) is 4.07. The molecule has 0 saturated carbocycles. The van der Waals surface area contributed by atoms with Crippen LogP contribution < -0.4 is 0 Å². The molecule has 0 aromatic heterocycles. The smallest absolute Gasteiger partial charge is 0.375 e. The molecule has 1 aliphatic heterocycles. The van der Waals surface area contributed by atoms with Crippen molar-refractivity contribution in [3.05, 3.63) is 48.3 Å². The summed E-state index contributed by atoms with van der Waals surface area (Å²) in [6.07, 6.45) is 4.01. The fourth-order valence-corrected chi connectivity index (χ4v) is 4.55. The highest BCUT2D eigenvalue weighted by Gasteiger charge is 2.64. The average molecular weight is 381 g/mol. The first-order valence-corrected chi connectivity index (χ1v) is 9.68. The molecule has 1 unspecified atom stereocenters. The van der Waals surface area contributed by atoms with Crippen LogP contribution in [0.1, 0.15) is 5.56 Å². The second kappa shape index (κ2) is 6.97. The predicted molar refractivity (Wildman–Crippen MR) is 85.6 cm³/mol. The van der Waals surface area contributed by atoms with Crippen LogP contribution in [0, 0.1) is 0 Å². The Balaban J connectivity index is 0.00000288. The Labute approximate surface area is 137 Å². The molecular weight excluding hydrogens is 362 g/mol. The summed E-state index contributed by atoms with van der Waals surface area (Å²) in [5, 5.41) is 6.65. The molecule has 0 bridgehead atoms. The van der Waals surface area contributed by atoms with Crippen molar-refractivity contribution in [1.82, 2.24) is 0 Å². The van der Waals surface area contributed by atoms with Gasteiger partial charge in [0.1, 0.15) is 19.3 Å². The van der Waals surface area contributed by atoms with Gasteiger partial charge in [-0.3, -0.25) is 9.13 Å². The molecule has 2 rings (SSSR count). The third-order valence-corrected chi connectivity index (χ3v) is 7.22. The monoisotopic (exact) mass is 381 g/mol. The van der Waals surface area contributed by atoms with Crippen molar-refractivity contribution in [3.63, 3.8) is 0 Å². The summed E-state index contributed by atoms with van der Waals surface area (Å²) in [7, 11) is -11.1. The van der Waals surface area contributed by atoms with Gasteiger partial charge in [-0.2, -0.15) is 0 Å². The van der Waals surface area contributed by atoms with E-state index in [2.05, 4.69) is 4.99 Å². The van der Waals surface area contributed by atoms with Crippen LogP contribution in [0.4, 0.5) is 0 Å². The van der Waals surface area contributed by atoms with Crippen LogP contribution in [0.25, 0.3) is 0 Å². The van der Waals surface area contributed by atoms with Crippen LogP contribution in [0.3, 0.4) is 0 Å². The zero-order valence-corrected chi connectivity index (χ0v) is 14.2. The zero-order valence-electron chi connectivity index (χ0n) is 12.4. The molecule has 0 saturated heterocycles. The van der Waals surface area contributed by atoms with E-state index in [4.69, 9.17) is 0 Å². The van der Waals surface area contributed by atoms with Crippen molar-refractivity contribution < 1.29 is 43.8 Å². The van der Waals surface area contributed by atoms with Crippen LogP contribution in [-0.4, -0.2) is 52.6 Å². The molecule has 0 amide bonds. The number of rotatable bonds is 6. The maximum atomic E-state index is 11.6. The van der Waals surface area contributed by atoms with Gasteiger partial charge in [0.05, 0.1) is 6.20 Å². The van der Waals surface area contributed by atoms with E-state index in [1.165, 1.54) is 18.7 Å². The molecule has 7 N–H and O–H groups in total. The lowest BCUT2D eigenvalue weighted by Gasteiger charge is -2.36. The van der Waals surface area contributed by atoms with Crippen molar-refractivity contribution in [2.24, 2.45) is 4.99 Å². The van der Waals surface area contributed by atoms with Gasteiger partial charge < -0.3 is 30.2 Å². The first-order valence-electron chi connectivity index (χ1n) is 6.45. The van der Waals surface area contributed by atoms with Gasteiger partial charge in [-0.1, -0.05) is 30.3 Å². The molecule has 0 radical (unpaired) electrons. The molecule has 0 fully saturated rings. The summed E-state index contributed by atoms with van der Waals surface area (Å²) < 4.78 is 22.7. The minimum atomic E-state index is -5.53. The second-order valence-corrected chi connectivity index (χ2v) is 9.34. The largest absolute Gasteiger partial charge is 0.412 e. The molecule has 1 aliphatic rings. The number of hydrogen-bond donors (Lipinski definition) is 5. The second-order valence-electron chi connectivity index (χ2n) is 5.33. The lowest BCUT2D eigenvalue weighted by molar-refractivity contribution is -0.797. The fraction of sp³-hybridized carbons (Fsp3) is 0.250. The van der Waals surface area contributed by atoms with Gasteiger partial charge in [-0.15, -0.1) is 0 Å². The minimum absolute atomic E-state index is 0. The summed E-state index contributed by atoms with van der Waals surface area (Å²) in [6.45, 7) is -0.806. The van der Waals surface area contributed by atoms with Crippen molar-refractivity contribution in [2.45, 2.75) is 11.6 Å². The lowest BCUT2D eigenvalue weighted by Crippen LogP contribution is -2.51. The van der Waals surface area contributed by atoms with Crippen molar-refractivity contribution in [3.8, 4) is 0 Å². The maximum absolute atomic E-state index is 11.6. The maximum Gasteiger partial charge on any atom is 0.375 e. The third-order valence-electron chi connectivity index (χ3n) is 3.51. The van der Waals surface area contributed by atoms with E-state index in [0.717, 1.165) is 5.56 Å². The minimum Gasteiger partial charge on any atom is -0.412 e. The van der Waals surface area contributed by atoms with Crippen LogP contribution in [-0.2, 0) is 15.7 Å². The van der Waals surface area contributed by atoms with E-state index >= 15 is 0 Å².